The van der Waals surface area contributed by atoms with Crippen LogP contribution in [0.1, 0.15) is 5.56 Å². The van der Waals surface area contributed by atoms with Gasteiger partial charge < -0.3 is 15.1 Å². The van der Waals surface area contributed by atoms with E-state index in [0.717, 1.165) is 54.5 Å². The average Bonchev–Trinajstić information content (AvgIpc) is 3.31. The molecule has 9 heteroatoms. The minimum atomic E-state index is -0.153. The number of thiocarbonyl (C=S) groups is 1. The molecule has 0 aliphatic carbocycles. The zero-order valence-corrected chi connectivity index (χ0v) is 18.0. The molecule has 2 aliphatic heterocycles. The number of fused-ring (bicyclic) bond motifs is 1. The van der Waals surface area contributed by atoms with Crippen molar-refractivity contribution in [2.75, 3.05) is 38.1 Å². The van der Waals surface area contributed by atoms with Crippen LogP contribution in [0.15, 0.2) is 47.8 Å². The van der Waals surface area contributed by atoms with Crippen LogP contribution in [0.2, 0.25) is 0 Å². The van der Waals surface area contributed by atoms with Gasteiger partial charge in [-0.05, 0) is 43.0 Å². The van der Waals surface area contributed by atoms with E-state index in [-0.39, 0.29) is 5.91 Å². The van der Waals surface area contributed by atoms with E-state index in [1.807, 2.05) is 41.2 Å². The molecule has 1 N–H and O–H groups in total. The van der Waals surface area contributed by atoms with Gasteiger partial charge >= 0.3 is 0 Å². The van der Waals surface area contributed by atoms with Crippen molar-refractivity contribution in [3.8, 4) is 11.3 Å². The van der Waals surface area contributed by atoms with E-state index in [9.17, 15) is 4.79 Å². The second-order valence-electron chi connectivity index (χ2n) is 7.38. The summed E-state index contributed by atoms with van der Waals surface area (Å²) in [6.07, 6.45) is 7.58. The molecule has 152 valence electrons. The maximum atomic E-state index is 11.9. The van der Waals surface area contributed by atoms with Crippen molar-refractivity contribution in [3.63, 3.8) is 0 Å². The fourth-order valence-corrected chi connectivity index (χ4v) is 4.67. The summed E-state index contributed by atoms with van der Waals surface area (Å²) < 4.78 is 2.51. The van der Waals surface area contributed by atoms with Gasteiger partial charge in [-0.15, -0.1) is 0 Å². The number of carbonyl (C=O) groups is 1. The summed E-state index contributed by atoms with van der Waals surface area (Å²) in [5, 5.41) is 2.64. The number of likely N-dealkylation sites (N-methyl/N-ethyl adjacent to an activating group) is 1. The van der Waals surface area contributed by atoms with Crippen LogP contribution in [0.4, 0.5) is 5.82 Å². The Hall–Kier alpha value is -2.75. The molecule has 0 spiro atoms. The smallest absolute Gasteiger partial charge is 0.263 e. The Labute approximate surface area is 183 Å². The summed E-state index contributed by atoms with van der Waals surface area (Å²) in [5.74, 6) is 0.853. The van der Waals surface area contributed by atoms with Crippen LogP contribution in [-0.2, 0) is 4.79 Å². The largest absolute Gasteiger partial charge is 0.354 e. The zero-order valence-electron chi connectivity index (χ0n) is 16.4. The fourth-order valence-electron chi connectivity index (χ4n) is 3.63. The predicted molar refractivity (Wildman–Crippen MR) is 124 cm³/mol. The first-order valence-electron chi connectivity index (χ1n) is 9.69. The van der Waals surface area contributed by atoms with E-state index >= 15 is 0 Å². The van der Waals surface area contributed by atoms with Crippen molar-refractivity contribution in [3.05, 3.63) is 53.3 Å². The standard InChI is InChI=1S/C21H20N6OS2/c1-25-6-8-26(9-7-25)18-5-3-15(11-22-18)16-12-23-19-4-2-14(13-27(16)19)10-17-20(28)24-21(29)30-17/h2-5,10-13H,6-9H2,1H3,(H,24,28,29). The van der Waals surface area contributed by atoms with Crippen LogP contribution < -0.4 is 10.2 Å². The fraction of sp³-hybridized carbons (Fsp3) is 0.238. The third-order valence-electron chi connectivity index (χ3n) is 5.34. The maximum Gasteiger partial charge on any atom is 0.263 e. The highest BCUT2D eigenvalue weighted by Crippen LogP contribution is 2.27. The molecule has 2 fully saturated rings. The van der Waals surface area contributed by atoms with Gasteiger partial charge in [-0.3, -0.25) is 9.20 Å². The number of carbonyl (C=O) groups excluding carboxylic acids is 1. The van der Waals surface area contributed by atoms with E-state index in [1.165, 1.54) is 11.8 Å². The lowest BCUT2D eigenvalue weighted by Crippen LogP contribution is -2.44. The van der Waals surface area contributed by atoms with Crippen molar-refractivity contribution < 1.29 is 4.79 Å². The van der Waals surface area contributed by atoms with Crippen molar-refractivity contribution in [2.24, 2.45) is 0 Å². The second-order valence-corrected chi connectivity index (χ2v) is 9.10. The first-order chi connectivity index (χ1) is 14.6. The lowest BCUT2D eigenvalue weighted by atomic mass is 10.2. The van der Waals surface area contributed by atoms with Crippen molar-refractivity contribution in [1.82, 2.24) is 24.6 Å². The molecule has 0 atom stereocenters. The van der Waals surface area contributed by atoms with Gasteiger partial charge in [0, 0.05) is 44.1 Å². The normalized spacial score (nSPS) is 19.1. The van der Waals surface area contributed by atoms with E-state index in [0.29, 0.717) is 9.23 Å². The molecule has 2 aliphatic rings. The number of amides is 1. The molecule has 0 bridgehead atoms. The monoisotopic (exact) mass is 436 g/mol. The summed E-state index contributed by atoms with van der Waals surface area (Å²) in [4.78, 5) is 26.4. The molecule has 7 nitrogen and oxygen atoms in total. The van der Waals surface area contributed by atoms with Crippen LogP contribution in [0, 0.1) is 0 Å². The highest BCUT2D eigenvalue weighted by atomic mass is 32.2. The maximum absolute atomic E-state index is 11.9. The van der Waals surface area contributed by atoms with Crippen LogP contribution in [0.5, 0.6) is 0 Å². The Morgan fingerprint density at radius 1 is 1.10 bits per heavy atom. The van der Waals surface area contributed by atoms with Crippen molar-refractivity contribution in [2.45, 2.75) is 0 Å². The second kappa shape index (κ2) is 7.82. The number of hydrogen-bond acceptors (Lipinski definition) is 7. The van der Waals surface area contributed by atoms with Crippen molar-refractivity contribution >= 4 is 51.7 Å². The number of anilines is 1. The molecule has 0 aromatic carbocycles. The Morgan fingerprint density at radius 3 is 2.63 bits per heavy atom. The lowest BCUT2D eigenvalue weighted by Gasteiger charge is -2.33. The molecule has 0 unspecified atom stereocenters. The molecular weight excluding hydrogens is 416 g/mol. The zero-order chi connectivity index (χ0) is 20.7. The Bertz CT molecular complexity index is 1160. The van der Waals surface area contributed by atoms with Crippen molar-refractivity contribution in [1.29, 1.82) is 0 Å². The molecule has 5 rings (SSSR count). The number of pyridine rings is 2. The molecule has 2 saturated heterocycles. The van der Waals surface area contributed by atoms with E-state index < -0.39 is 0 Å². The minimum absolute atomic E-state index is 0.153. The topological polar surface area (TPSA) is 65.8 Å². The SMILES string of the molecule is CN1CCN(c2ccc(-c3cnc4ccc(C=C5SC(=S)NC5=O)cn34)cn2)CC1. The molecule has 3 aromatic rings. The highest BCUT2D eigenvalue weighted by molar-refractivity contribution is 8.26. The number of rotatable bonds is 3. The van der Waals surface area contributed by atoms with Gasteiger partial charge in [0.15, 0.2) is 0 Å². The number of piperazine rings is 1. The molecule has 0 saturated carbocycles. The number of hydrogen-bond donors (Lipinski definition) is 1. The van der Waals surface area contributed by atoms with E-state index in [4.69, 9.17) is 17.2 Å². The number of imidazole rings is 1. The Balaban J connectivity index is 1.44. The van der Waals surface area contributed by atoms with Crippen LogP contribution in [0.3, 0.4) is 0 Å². The number of thioether (sulfide) groups is 1. The van der Waals surface area contributed by atoms with Gasteiger partial charge in [0.2, 0.25) is 0 Å². The highest BCUT2D eigenvalue weighted by Gasteiger charge is 2.22. The molecule has 1 amide bonds. The van der Waals surface area contributed by atoms with Gasteiger partial charge in [0.1, 0.15) is 15.8 Å². The molecular formula is C21H20N6OS2. The van der Waals surface area contributed by atoms with Gasteiger partial charge in [-0.1, -0.05) is 24.0 Å². The molecule has 3 aromatic heterocycles. The number of nitrogens with one attached hydrogen (secondary N) is 1. The number of nitrogens with zero attached hydrogens (tertiary/aromatic N) is 5. The third kappa shape index (κ3) is 3.71. The first kappa shape index (κ1) is 19.2. The number of aromatic nitrogens is 3. The summed E-state index contributed by atoms with van der Waals surface area (Å²) in [6, 6.07) is 8.06. The van der Waals surface area contributed by atoms with Crippen LogP contribution >= 0.6 is 24.0 Å². The van der Waals surface area contributed by atoms with Gasteiger partial charge in [-0.2, -0.15) is 0 Å². The minimum Gasteiger partial charge on any atom is -0.354 e. The summed E-state index contributed by atoms with van der Waals surface area (Å²) in [7, 11) is 2.15. The first-order valence-corrected chi connectivity index (χ1v) is 10.9. The molecule has 30 heavy (non-hydrogen) atoms. The van der Waals surface area contributed by atoms with Gasteiger partial charge in [0.25, 0.3) is 5.91 Å². The van der Waals surface area contributed by atoms with Crippen LogP contribution in [-0.4, -0.2) is 62.7 Å². The summed E-state index contributed by atoms with van der Waals surface area (Å²) in [6.45, 7) is 4.09. The summed E-state index contributed by atoms with van der Waals surface area (Å²) >= 11 is 6.34. The van der Waals surface area contributed by atoms with Crippen LogP contribution in [0.25, 0.3) is 23.0 Å². The average molecular weight is 437 g/mol. The Kier molecular flexibility index (Phi) is 5.01. The quantitative estimate of drug-likeness (QED) is 0.500. The van der Waals surface area contributed by atoms with Gasteiger partial charge in [0.05, 0.1) is 16.8 Å². The van der Waals surface area contributed by atoms with E-state index in [1.54, 1.807) is 0 Å². The van der Waals surface area contributed by atoms with E-state index in [2.05, 4.69) is 39.3 Å². The summed E-state index contributed by atoms with van der Waals surface area (Å²) in [5.41, 5.74) is 3.71. The predicted octanol–water partition coefficient (Wildman–Crippen LogP) is 2.64. The molecule has 5 heterocycles. The van der Waals surface area contributed by atoms with Gasteiger partial charge in [-0.25, -0.2) is 9.97 Å². The Morgan fingerprint density at radius 2 is 1.93 bits per heavy atom. The molecule has 0 radical (unpaired) electrons. The third-order valence-corrected chi connectivity index (χ3v) is 6.50. The lowest BCUT2D eigenvalue weighted by molar-refractivity contribution is -0.115.